The van der Waals surface area contributed by atoms with Crippen LogP contribution in [0.25, 0.3) is 11.3 Å². The first-order valence-electron chi connectivity index (χ1n) is 7.57. The molecule has 0 bridgehead atoms. The van der Waals surface area contributed by atoms with Crippen LogP contribution in [0.2, 0.25) is 0 Å². The highest BCUT2D eigenvalue weighted by Gasteiger charge is 2.10. The molecule has 1 amide bonds. The van der Waals surface area contributed by atoms with Crippen molar-refractivity contribution >= 4 is 5.91 Å². The fraction of sp³-hybridized carbons (Fsp3) is 0.353. The van der Waals surface area contributed by atoms with Gasteiger partial charge in [0, 0.05) is 12.1 Å². The van der Waals surface area contributed by atoms with Gasteiger partial charge in [-0.2, -0.15) is 4.98 Å². The fourth-order valence-corrected chi connectivity index (χ4v) is 2.14. The average molecular weight is 314 g/mol. The molecule has 0 aliphatic rings. The lowest BCUT2D eigenvalue weighted by atomic mass is 10.1. The second kappa shape index (κ2) is 7.69. The van der Waals surface area contributed by atoms with Crippen molar-refractivity contribution in [2.24, 2.45) is 0 Å². The van der Waals surface area contributed by atoms with Crippen LogP contribution in [0, 0.1) is 6.92 Å². The van der Waals surface area contributed by atoms with Gasteiger partial charge in [-0.05, 0) is 40.1 Å². The van der Waals surface area contributed by atoms with Crippen molar-refractivity contribution in [3.05, 3.63) is 52.1 Å². The number of carbonyl (C=O) groups excluding carboxylic acids is 1. The second-order valence-electron chi connectivity index (χ2n) is 5.76. The quantitative estimate of drug-likeness (QED) is 0.791. The minimum absolute atomic E-state index is 0.227. The lowest BCUT2D eigenvalue weighted by molar-refractivity contribution is 0.0947. The maximum atomic E-state index is 12.2. The molecule has 0 unspecified atom stereocenters. The molecule has 1 aromatic heterocycles. The number of hydrogen-bond donors (Lipinski definition) is 2. The summed E-state index contributed by atoms with van der Waals surface area (Å²) in [4.78, 5) is 32.4. The Hall–Kier alpha value is -2.47. The molecule has 6 nitrogen and oxygen atoms in total. The molecule has 6 heteroatoms. The Bertz CT molecular complexity index is 720. The van der Waals surface area contributed by atoms with E-state index in [9.17, 15) is 9.59 Å². The van der Waals surface area contributed by atoms with Gasteiger partial charge in [0.1, 0.15) is 5.69 Å². The van der Waals surface area contributed by atoms with Crippen LogP contribution in [0.15, 0.2) is 35.1 Å². The molecule has 0 aliphatic carbocycles. The number of hydrogen-bond acceptors (Lipinski definition) is 4. The number of nitrogens with one attached hydrogen (secondary N) is 2. The van der Waals surface area contributed by atoms with Gasteiger partial charge in [0.15, 0.2) is 0 Å². The second-order valence-corrected chi connectivity index (χ2v) is 5.76. The fourth-order valence-electron chi connectivity index (χ4n) is 2.14. The highest BCUT2D eigenvalue weighted by molar-refractivity contribution is 5.93. The number of aryl methyl sites for hydroxylation is 1. The lowest BCUT2D eigenvalue weighted by Gasteiger charge is -2.10. The van der Waals surface area contributed by atoms with Crippen molar-refractivity contribution in [2.75, 3.05) is 27.2 Å². The van der Waals surface area contributed by atoms with E-state index >= 15 is 0 Å². The minimum Gasteiger partial charge on any atom is -0.351 e. The van der Waals surface area contributed by atoms with E-state index in [1.807, 2.05) is 45.3 Å². The first-order chi connectivity index (χ1) is 11.0. The SMILES string of the molecule is Cc1ccc(-c2cc(C(=O)NCCCN(C)C)[nH]c(=O)n2)cc1. The molecular weight excluding hydrogens is 292 g/mol. The summed E-state index contributed by atoms with van der Waals surface area (Å²) < 4.78 is 0. The molecule has 0 saturated heterocycles. The van der Waals surface area contributed by atoms with Crippen LogP contribution in [0.3, 0.4) is 0 Å². The van der Waals surface area contributed by atoms with Gasteiger partial charge in [0.25, 0.3) is 5.91 Å². The predicted octanol–water partition coefficient (Wildman–Crippen LogP) is 1.43. The van der Waals surface area contributed by atoms with E-state index in [-0.39, 0.29) is 11.6 Å². The zero-order chi connectivity index (χ0) is 16.8. The Balaban J connectivity index is 2.12. The Morgan fingerprint density at radius 1 is 1.26 bits per heavy atom. The van der Waals surface area contributed by atoms with E-state index in [4.69, 9.17) is 0 Å². The van der Waals surface area contributed by atoms with Crippen LogP contribution in [-0.2, 0) is 0 Å². The zero-order valence-electron chi connectivity index (χ0n) is 13.7. The third-order valence-electron chi connectivity index (χ3n) is 3.40. The first kappa shape index (κ1) is 16.9. The summed E-state index contributed by atoms with van der Waals surface area (Å²) >= 11 is 0. The molecule has 2 aromatic rings. The Labute approximate surface area is 135 Å². The first-order valence-corrected chi connectivity index (χ1v) is 7.57. The number of H-pyrrole nitrogens is 1. The molecule has 0 spiro atoms. The topological polar surface area (TPSA) is 78.1 Å². The van der Waals surface area contributed by atoms with E-state index in [1.165, 1.54) is 0 Å². The van der Waals surface area contributed by atoms with Crippen molar-refractivity contribution < 1.29 is 4.79 Å². The van der Waals surface area contributed by atoms with Gasteiger partial charge < -0.3 is 15.2 Å². The van der Waals surface area contributed by atoms with Gasteiger partial charge in [-0.1, -0.05) is 29.8 Å². The summed E-state index contributed by atoms with van der Waals surface area (Å²) in [6.45, 7) is 3.44. The van der Waals surface area contributed by atoms with Crippen molar-refractivity contribution in [2.45, 2.75) is 13.3 Å². The van der Waals surface area contributed by atoms with Crippen molar-refractivity contribution in [3.8, 4) is 11.3 Å². The van der Waals surface area contributed by atoms with E-state index in [0.717, 1.165) is 24.1 Å². The highest BCUT2D eigenvalue weighted by Crippen LogP contribution is 2.16. The van der Waals surface area contributed by atoms with Crippen LogP contribution < -0.4 is 11.0 Å². The smallest absolute Gasteiger partial charge is 0.346 e. The minimum atomic E-state index is -0.526. The standard InChI is InChI=1S/C17H22N4O2/c1-12-5-7-13(8-6-12)14-11-15(20-17(23)19-14)16(22)18-9-4-10-21(2)3/h5-8,11H,4,9-10H2,1-3H3,(H,18,22)(H,19,20,23). The Kier molecular flexibility index (Phi) is 5.65. The van der Waals surface area contributed by atoms with E-state index < -0.39 is 5.69 Å². The van der Waals surface area contributed by atoms with Gasteiger partial charge >= 0.3 is 5.69 Å². The van der Waals surface area contributed by atoms with Crippen molar-refractivity contribution in [1.82, 2.24) is 20.2 Å². The van der Waals surface area contributed by atoms with Crippen LogP contribution in [0.5, 0.6) is 0 Å². The number of aromatic nitrogens is 2. The number of rotatable bonds is 6. The van der Waals surface area contributed by atoms with E-state index in [0.29, 0.717) is 12.2 Å². The third kappa shape index (κ3) is 5.03. The van der Waals surface area contributed by atoms with Gasteiger partial charge in [-0.3, -0.25) is 4.79 Å². The van der Waals surface area contributed by atoms with Gasteiger partial charge in [0.2, 0.25) is 0 Å². The largest absolute Gasteiger partial charge is 0.351 e. The predicted molar refractivity (Wildman–Crippen MR) is 90.5 cm³/mol. The summed E-state index contributed by atoms with van der Waals surface area (Å²) in [5, 5.41) is 2.81. The van der Waals surface area contributed by atoms with E-state index in [2.05, 4.69) is 20.2 Å². The molecule has 2 rings (SSSR count). The molecule has 0 fully saturated rings. The lowest BCUT2D eigenvalue weighted by Crippen LogP contribution is -2.29. The number of carbonyl (C=O) groups is 1. The summed E-state index contributed by atoms with van der Waals surface area (Å²) in [5.74, 6) is -0.295. The molecule has 0 atom stereocenters. The zero-order valence-corrected chi connectivity index (χ0v) is 13.7. The maximum absolute atomic E-state index is 12.2. The molecule has 0 radical (unpaired) electrons. The summed E-state index contributed by atoms with van der Waals surface area (Å²) in [7, 11) is 3.96. The van der Waals surface area contributed by atoms with Crippen LogP contribution in [0.4, 0.5) is 0 Å². The normalized spacial score (nSPS) is 10.8. The molecule has 1 heterocycles. The van der Waals surface area contributed by atoms with Crippen LogP contribution >= 0.6 is 0 Å². The number of benzene rings is 1. The molecule has 122 valence electrons. The van der Waals surface area contributed by atoms with Crippen molar-refractivity contribution in [3.63, 3.8) is 0 Å². The molecule has 23 heavy (non-hydrogen) atoms. The van der Waals surface area contributed by atoms with E-state index in [1.54, 1.807) is 6.07 Å². The monoisotopic (exact) mass is 314 g/mol. The summed E-state index contributed by atoms with van der Waals surface area (Å²) in [6.07, 6.45) is 0.846. The molecular formula is C17H22N4O2. The number of nitrogens with zero attached hydrogens (tertiary/aromatic N) is 2. The number of aromatic amines is 1. The van der Waals surface area contributed by atoms with Gasteiger partial charge in [-0.25, -0.2) is 4.79 Å². The maximum Gasteiger partial charge on any atom is 0.346 e. The summed E-state index contributed by atoms with van der Waals surface area (Å²) in [6, 6.07) is 9.26. The molecule has 2 N–H and O–H groups in total. The van der Waals surface area contributed by atoms with Crippen molar-refractivity contribution in [1.29, 1.82) is 0 Å². The Morgan fingerprint density at radius 2 is 1.96 bits per heavy atom. The Morgan fingerprint density at radius 3 is 2.61 bits per heavy atom. The van der Waals surface area contributed by atoms with Gasteiger partial charge in [-0.15, -0.1) is 0 Å². The molecule has 0 aliphatic heterocycles. The average Bonchev–Trinajstić information content (AvgIpc) is 2.51. The summed E-state index contributed by atoms with van der Waals surface area (Å²) in [5.41, 5.74) is 2.12. The highest BCUT2D eigenvalue weighted by atomic mass is 16.2. The van der Waals surface area contributed by atoms with Crippen LogP contribution in [-0.4, -0.2) is 48.0 Å². The third-order valence-corrected chi connectivity index (χ3v) is 3.40. The van der Waals surface area contributed by atoms with Gasteiger partial charge in [0.05, 0.1) is 5.69 Å². The molecule has 0 saturated carbocycles. The molecule has 1 aromatic carbocycles. The number of amides is 1. The van der Waals surface area contributed by atoms with Crippen LogP contribution in [0.1, 0.15) is 22.5 Å².